The maximum Gasteiger partial charge on any atom is 0.190 e. The van der Waals surface area contributed by atoms with E-state index in [0.29, 0.717) is 11.0 Å². The lowest BCUT2D eigenvalue weighted by Gasteiger charge is -2.20. The van der Waals surface area contributed by atoms with Gasteiger partial charge in [0.1, 0.15) is 10.8 Å². The van der Waals surface area contributed by atoms with Gasteiger partial charge < -0.3 is 10.6 Å². The minimum atomic E-state index is 0.516. The van der Waals surface area contributed by atoms with Crippen molar-refractivity contribution in [3.8, 4) is 0 Å². The van der Waals surface area contributed by atoms with E-state index in [1.54, 1.807) is 29.6 Å². The maximum absolute atomic E-state index is 5.83. The number of aromatic nitrogens is 3. The molecular weight excluding hydrogens is 314 g/mol. The quantitative estimate of drug-likeness (QED) is 0.512. The van der Waals surface area contributed by atoms with Gasteiger partial charge in [0.25, 0.3) is 0 Å². The van der Waals surface area contributed by atoms with Gasteiger partial charge in [0.15, 0.2) is 5.16 Å². The molecule has 5 nitrogen and oxygen atoms in total. The summed E-state index contributed by atoms with van der Waals surface area (Å²) in [5, 5.41) is 1.61. The standard InChI is InChI=1S/C15H19N5S2/c1-21-14-9-13(16)18-15(19-14)22-10-11-12(5-4-6-17-11)20-7-2-3-8-20/h4-6,9H,2-3,7-8,10H2,1H3,(H2,16,18,19). The number of pyridine rings is 1. The first-order valence-corrected chi connectivity index (χ1v) is 9.47. The molecular formula is C15H19N5S2. The van der Waals surface area contributed by atoms with E-state index in [4.69, 9.17) is 5.73 Å². The molecule has 1 aliphatic rings. The first kappa shape index (κ1) is 15.4. The molecule has 0 bridgehead atoms. The molecule has 0 atom stereocenters. The van der Waals surface area contributed by atoms with E-state index < -0.39 is 0 Å². The Bertz CT molecular complexity index is 644. The van der Waals surface area contributed by atoms with Crippen molar-refractivity contribution in [3.63, 3.8) is 0 Å². The van der Waals surface area contributed by atoms with Crippen LogP contribution in [-0.2, 0) is 5.75 Å². The summed E-state index contributed by atoms with van der Waals surface area (Å²) in [6.07, 6.45) is 6.36. The zero-order chi connectivity index (χ0) is 15.4. The van der Waals surface area contributed by atoms with Gasteiger partial charge in [-0.2, -0.15) is 0 Å². The third-order valence-corrected chi connectivity index (χ3v) is 5.05. The number of anilines is 2. The third-order valence-electron chi connectivity index (χ3n) is 3.56. The molecule has 0 unspecified atom stereocenters. The molecule has 0 spiro atoms. The minimum absolute atomic E-state index is 0.516. The van der Waals surface area contributed by atoms with E-state index in [1.165, 1.54) is 18.5 Å². The Hall–Kier alpha value is -1.47. The Kier molecular flexibility index (Phi) is 5.04. The predicted octanol–water partition coefficient (Wildman–Crippen LogP) is 3.07. The van der Waals surface area contributed by atoms with Crippen LogP contribution in [0.2, 0.25) is 0 Å². The van der Waals surface area contributed by atoms with Crippen LogP contribution in [0, 0.1) is 0 Å². The molecule has 2 aromatic rings. The lowest BCUT2D eigenvalue weighted by atomic mass is 10.3. The number of nitrogens with two attached hydrogens (primary N) is 1. The fraction of sp³-hybridized carbons (Fsp3) is 0.400. The summed E-state index contributed by atoms with van der Waals surface area (Å²) in [7, 11) is 0. The monoisotopic (exact) mass is 333 g/mol. The van der Waals surface area contributed by atoms with Crippen molar-refractivity contribution in [2.75, 3.05) is 30.0 Å². The first-order valence-electron chi connectivity index (χ1n) is 7.26. The molecule has 3 rings (SSSR count). The molecule has 0 aliphatic carbocycles. The largest absolute Gasteiger partial charge is 0.384 e. The normalized spacial score (nSPS) is 14.5. The smallest absolute Gasteiger partial charge is 0.190 e. The highest BCUT2D eigenvalue weighted by Gasteiger charge is 2.16. The summed E-state index contributed by atoms with van der Waals surface area (Å²) in [6, 6.07) is 5.96. The van der Waals surface area contributed by atoms with Crippen LogP contribution in [0.5, 0.6) is 0 Å². The van der Waals surface area contributed by atoms with Crippen LogP contribution in [0.3, 0.4) is 0 Å². The average Bonchev–Trinajstić information content (AvgIpc) is 3.07. The summed E-state index contributed by atoms with van der Waals surface area (Å²) >= 11 is 3.16. The van der Waals surface area contributed by atoms with Crippen molar-refractivity contribution >= 4 is 35.0 Å². The molecule has 0 aromatic carbocycles. The lowest BCUT2D eigenvalue weighted by Crippen LogP contribution is -2.19. The van der Waals surface area contributed by atoms with Gasteiger partial charge in [-0.05, 0) is 31.2 Å². The van der Waals surface area contributed by atoms with Crippen LogP contribution < -0.4 is 10.6 Å². The van der Waals surface area contributed by atoms with Crippen molar-refractivity contribution in [2.24, 2.45) is 0 Å². The second kappa shape index (κ2) is 7.19. The van der Waals surface area contributed by atoms with E-state index in [2.05, 4.69) is 25.9 Å². The van der Waals surface area contributed by atoms with Gasteiger partial charge in [-0.3, -0.25) is 4.98 Å². The highest BCUT2D eigenvalue weighted by Crippen LogP contribution is 2.28. The van der Waals surface area contributed by atoms with Crippen molar-refractivity contribution in [1.29, 1.82) is 0 Å². The Morgan fingerprint density at radius 3 is 2.86 bits per heavy atom. The second-order valence-corrected chi connectivity index (χ2v) is 6.84. The summed E-state index contributed by atoms with van der Waals surface area (Å²) in [4.78, 5) is 15.7. The highest BCUT2D eigenvalue weighted by atomic mass is 32.2. The molecule has 3 heterocycles. The molecule has 0 radical (unpaired) electrons. The van der Waals surface area contributed by atoms with Crippen molar-refractivity contribution in [1.82, 2.24) is 15.0 Å². The van der Waals surface area contributed by atoms with Gasteiger partial charge in [0, 0.05) is 31.1 Å². The van der Waals surface area contributed by atoms with E-state index in [0.717, 1.165) is 29.6 Å². The maximum atomic E-state index is 5.83. The number of hydrogen-bond donors (Lipinski definition) is 1. The molecule has 1 aliphatic heterocycles. The van der Waals surface area contributed by atoms with Crippen LogP contribution in [0.25, 0.3) is 0 Å². The van der Waals surface area contributed by atoms with Crippen LogP contribution in [0.4, 0.5) is 11.5 Å². The van der Waals surface area contributed by atoms with Crippen LogP contribution >= 0.6 is 23.5 Å². The van der Waals surface area contributed by atoms with Crippen LogP contribution in [-0.4, -0.2) is 34.3 Å². The van der Waals surface area contributed by atoms with Crippen molar-refractivity contribution in [2.45, 2.75) is 28.8 Å². The van der Waals surface area contributed by atoms with E-state index in [-0.39, 0.29) is 0 Å². The SMILES string of the molecule is CSc1cc(N)nc(SCc2ncccc2N2CCCC2)n1. The van der Waals surface area contributed by atoms with Crippen LogP contribution in [0.1, 0.15) is 18.5 Å². The molecule has 22 heavy (non-hydrogen) atoms. The number of thioether (sulfide) groups is 2. The van der Waals surface area contributed by atoms with Gasteiger partial charge >= 0.3 is 0 Å². The number of nitrogens with zero attached hydrogens (tertiary/aromatic N) is 4. The highest BCUT2D eigenvalue weighted by molar-refractivity contribution is 7.99. The molecule has 1 fully saturated rings. The summed E-state index contributed by atoms with van der Waals surface area (Å²) in [5.41, 5.74) is 8.16. The molecule has 1 saturated heterocycles. The average molecular weight is 333 g/mol. The number of nitrogen functional groups attached to an aromatic ring is 1. The van der Waals surface area contributed by atoms with Crippen molar-refractivity contribution in [3.05, 3.63) is 30.1 Å². The minimum Gasteiger partial charge on any atom is -0.384 e. The molecule has 7 heteroatoms. The zero-order valence-electron chi connectivity index (χ0n) is 12.5. The van der Waals surface area contributed by atoms with Gasteiger partial charge in [-0.1, -0.05) is 11.8 Å². The zero-order valence-corrected chi connectivity index (χ0v) is 14.2. The third kappa shape index (κ3) is 3.64. The molecule has 116 valence electrons. The summed E-state index contributed by atoms with van der Waals surface area (Å²) in [6.45, 7) is 2.24. The lowest BCUT2D eigenvalue weighted by molar-refractivity contribution is 0.898. The Morgan fingerprint density at radius 2 is 2.09 bits per heavy atom. The molecule has 2 aromatic heterocycles. The van der Waals surface area contributed by atoms with Gasteiger partial charge in [-0.15, -0.1) is 11.8 Å². The predicted molar refractivity (Wildman–Crippen MR) is 93.5 cm³/mol. The molecule has 0 saturated carbocycles. The van der Waals surface area contributed by atoms with E-state index in [9.17, 15) is 0 Å². The van der Waals surface area contributed by atoms with Crippen LogP contribution in [0.15, 0.2) is 34.6 Å². The number of hydrogen-bond acceptors (Lipinski definition) is 7. The molecule has 2 N–H and O–H groups in total. The van der Waals surface area contributed by atoms with E-state index >= 15 is 0 Å². The Labute approximate surface area is 139 Å². The van der Waals surface area contributed by atoms with Gasteiger partial charge in [0.05, 0.1) is 11.4 Å². The molecule has 0 amide bonds. The summed E-state index contributed by atoms with van der Waals surface area (Å²) < 4.78 is 0. The first-order chi connectivity index (χ1) is 10.8. The second-order valence-electron chi connectivity index (χ2n) is 5.07. The van der Waals surface area contributed by atoms with E-state index in [1.807, 2.05) is 18.5 Å². The summed E-state index contributed by atoms with van der Waals surface area (Å²) in [5.74, 6) is 1.27. The van der Waals surface area contributed by atoms with Crippen molar-refractivity contribution < 1.29 is 0 Å². The fourth-order valence-electron chi connectivity index (χ4n) is 2.51. The Balaban J connectivity index is 1.75. The Morgan fingerprint density at radius 1 is 1.27 bits per heavy atom. The van der Waals surface area contributed by atoms with Gasteiger partial charge in [-0.25, -0.2) is 9.97 Å². The number of rotatable bonds is 5. The van der Waals surface area contributed by atoms with Gasteiger partial charge in [0.2, 0.25) is 0 Å². The fourth-order valence-corrected chi connectivity index (χ4v) is 3.80. The topological polar surface area (TPSA) is 67.9 Å².